The Morgan fingerprint density at radius 1 is 1.00 bits per heavy atom. The summed E-state index contributed by atoms with van der Waals surface area (Å²) >= 11 is 0. The van der Waals surface area contributed by atoms with Crippen LogP contribution in [-0.4, -0.2) is 30.1 Å². The molecule has 0 aliphatic heterocycles. The summed E-state index contributed by atoms with van der Waals surface area (Å²) in [6.45, 7) is 2.45. The van der Waals surface area contributed by atoms with E-state index in [2.05, 4.69) is 5.32 Å². The molecule has 1 aromatic heterocycles. The van der Waals surface area contributed by atoms with E-state index in [1.54, 1.807) is 37.5 Å². The molecule has 1 N–H and O–H groups in total. The van der Waals surface area contributed by atoms with Gasteiger partial charge in [-0.15, -0.1) is 0 Å². The minimum absolute atomic E-state index is 0.0874. The average Bonchev–Trinajstić information content (AvgIpc) is 3.26. The fourth-order valence-corrected chi connectivity index (χ4v) is 2.77. The summed E-state index contributed by atoms with van der Waals surface area (Å²) in [6.07, 6.45) is 1.63. The van der Waals surface area contributed by atoms with Crippen molar-refractivity contribution in [2.24, 2.45) is 0 Å². The molecule has 0 atom stereocenters. The first-order valence-electron chi connectivity index (χ1n) is 9.71. The maximum atomic E-state index is 13.0. The van der Waals surface area contributed by atoms with Gasteiger partial charge in [0.15, 0.2) is 5.75 Å². The molecule has 0 aliphatic carbocycles. The first kappa shape index (κ1) is 21.0. The van der Waals surface area contributed by atoms with E-state index < -0.39 is 0 Å². The number of hydrogen-bond donors (Lipinski definition) is 1. The lowest BCUT2D eigenvalue weighted by Gasteiger charge is -2.22. The molecule has 7 heteroatoms. The summed E-state index contributed by atoms with van der Waals surface area (Å²) in [5.74, 6) is 1.43. The SMILES string of the molecule is CCOC(=O)CCN(Cc1ccco1)C(=O)Nc1ccccc1Oc1ccccc1. The van der Waals surface area contributed by atoms with Crippen LogP contribution >= 0.6 is 0 Å². The highest BCUT2D eigenvalue weighted by Crippen LogP contribution is 2.29. The molecule has 0 fully saturated rings. The Balaban J connectivity index is 1.72. The monoisotopic (exact) mass is 408 g/mol. The molecule has 2 aromatic carbocycles. The maximum Gasteiger partial charge on any atom is 0.322 e. The number of ether oxygens (including phenoxy) is 2. The third kappa shape index (κ3) is 6.13. The van der Waals surface area contributed by atoms with Crippen LogP contribution < -0.4 is 10.1 Å². The van der Waals surface area contributed by atoms with Crippen LogP contribution in [0.3, 0.4) is 0 Å². The number of nitrogens with one attached hydrogen (secondary N) is 1. The van der Waals surface area contributed by atoms with Gasteiger partial charge < -0.3 is 24.1 Å². The third-order valence-corrected chi connectivity index (χ3v) is 4.20. The Morgan fingerprint density at radius 2 is 1.77 bits per heavy atom. The molecule has 0 spiro atoms. The van der Waals surface area contributed by atoms with Gasteiger partial charge in [-0.3, -0.25) is 4.79 Å². The lowest BCUT2D eigenvalue weighted by molar-refractivity contribution is -0.143. The number of anilines is 1. The second kappa shape index (κ2) is 10.7. The highest BCUT2D eigenvalue weighted by Gasteiger charge is 2.19. The highest BCUT2D eigenvalue weighted by atomic mass is 16.5. The lowest BCUT2D eigenvalue weighted by Crippen LogP contribution is -2.36. The Morgan fingerprint density at radius 3 is 2.50 bits per heavy atom. The number of nitrogens with zero attached hydrogens (tertiary/aromatic N) is 1. The molecule has 3 aromatic rings. The number of amides is 2. The van der Waals surface area contributed by atoms with Crippen LogP contribution in [0.2, 0.25) is 0 Å². The molecule has 156 valence electrons. The van der Waals surface area contributed by atoms with Gasteiger partial charge in [0, 0.05) is 6.54 Å². The number of carbonyl (C=O) groups excluding carboxylic acids is 2. The Labute approximate surface area is 175 Å². The molecule has 2 amide bonds. The Hall–Kier alpha value is -3.74. The zero-order valence-electron chi connectivity index (χ0n) is 16.7. The number of carbonyl (C=O) groups is 2. The van der Waals surface area contributed by atoms with Gasteiger partial charge in [0.1, 0.15) is 11.5 Å². The first-order valence-corrected chi connectivity index (χ1v) is 9.71. The van der Waals surface area contributed by atoms with E-state index in [1.807, 2.05) is 42.5 Å². The summed E-state index contributed by atoms with van der Waals surface area (Å²) in [5.41, 5.74) is 0.520. The number of furan rings is 1. The molecule has 0 aliphatic rings. The van der Waals surface area contributed by atoms with Gasteiger partial charge in [-0.25, -0.2) is 4.79 Å². The van der Waals surface area contributed by atoms with Gasteiger partial charge in [-0.05, 0) is 43.3 Å². The molecule has 0 bridgehead atoms. The van der Waals surface area contributed by atoms with Crippen molar-refractivity contribution in [3.8, 4) is 11.5 Å². The predicted molar refractivity (Wildman–Crippen MR) is 112 cm³/mol. The number of para-hydroxylation sites is 3. The van der Waals surface area contributed by atoms with Crippen molar-refractivity contribution in [2.45, 2.75) is 19.9 Å². The lowest BCUT2D eigenvalue weighted by atomic mass is 10.3. The van der Waals surface area contributed by atoms with E-state index in [1.165, 1.54) is 4.90 Å². The number of rotatable bonds is 9. The van der Waals surface area contributed by atoms with E-state index in [0.29, 0.717) is 29.6 Å². The van der Waals surface area contributed by atoms with E-state index >= 15 is 0 Å². The number of esters is 1. The first-order chi connectivity index (χ1) is 14.7. The minimum Gasteiger partial charge on any atom is -0.467 e. The van der Waals surface area contributed by atoms with Crippen molar-refractivity contribution in [3.05, 3.63) is 78.8 Å². The van der Waals surface area contributed by atoms with Crippen LogP contribution in [0.15, 0.2) is 77.4 Å². The van der Waals surface area contributed by atoms with Crippen LogP contribution in [0.5, 0.6) is 11.5 Å². The van der Waals surface area contributed by atoms with Crippen LogP contribution in [0.1, 0.15) is 19.1 Å². The summed E-state index contributed by atoms with van der Waals surface area (Å²) in [4.78, 5) is 26.2. The molecule has 0 saturated heterocycles. The zero-order chi connectivity index (χ0) is 21.2. The van der Waals surface area contributed by atoms with Crippen LogP contribution in [-0.2, 0) is 16.1 Å². The smallest absolute Gasteiger partial charge is 0.322 e. The predicted octanol–water partition coefficient (Wildman–Crippen LogP) is 5.06. The molecule has 30 heavy (non-hydrogen) atoms. The quantitative estimate of drug-likeness (QED) is 0.501. The van der Waals surface area contributed by atoms with Gasteiger partial charge >= 0.3 is 12.0 Å². The second-order valence-electron chi connectivity index (χ2n) is 6.40. The van der Waals surface area contributed by atoms with E-state index in [0.717, 1.165) is 0 Å². The van der Waals surface area contributed by atoms with E-state index in [4.69, 9.17) is 13.9 Å². The van der Waals surface area contributed by atoms with Gasteiger partial charge in [0.05, 0.1) is 31.5 Å². The largest absolute Gasteiger partial charge is 0.467 e. The van der Waals surface area contributed by atoms with Crippen molar-refractivity contribution in [1.82, 2.24) is 4.90 Å². The normalized spacial score (nSPS) is 10.3. The molecular formula is C23H24N2O5. The number of benzene rings is 2. The van der Waals surface area contributed by atoms with E-state index in [9.17, 15) is 9.59 Å². The molecule has 0 radical (unpaired) electrons. The maximum absolute atomic E-state index is 13.0. The number of hydrogen-bond acceptors (Lipinski definition) is 5. The van der Waals surface area contributed by atoms with Crippen molar-refractivity contribution < 1.29 is 23.5 Å². The molecule has 0 saturated carbocycles. The third-order valence-electron chi connectivity index (χ3n) is 4.20. The van der Waals surface area contributed by atoms with Crippen molar-refractivity contribution in [1.29, 1.82) is 0 Å². The van der Waals surface area contributed by atoms with Gasteiger partial charge in [-0.1, -0.05) is 30.3 Å². The Bertz CT molecular complexity index is 941. The average molecular weight is 408 g/mol. The zero-order valence-corrected chi connectivity index (χ0v) is 16.7. The molecule has 0 unspecified atom stereocenters. The van der Waals surface area contributed by atoms with Crippen LogP contribution in [0.25, 0.3) is 0 Å². The van der Waals surface area contributed by atoms with Crippen molar-refractivity contribution >= 4 is 17.7 Å². The second-order valence-corrected chi connectivity index (χ2v) is 6.40. The highest BCUT2D eigenvalue weighted by molar-refractivity contribution is 5.91. The van der Waals surface area contributed by atoms with Gasteiger partial charge in [0.25, 0.3) is 0 Å². The van der Waals surface area contributed by atoms with Gasteiger partial charge in [0.2, 0.25) is 0 Å². The summed E-state index contributed by atoms with van der Waals surface area (Å²) in [7, 11) is 0. The number of urea groups is 1. The fraction of sp³-hybridized carbons (Fsp3) is 0.217. The molecule has 3 rings (SSSR count). The summed E-state index contributed by atoms with van der Waals surface area (Å²) in [5, 5.41) is 2.87. The molecule has 7 nitrogen and oxygen atoms in total. The summed E-state index contributed by atoms with van der Waals surface area (Å²) in [6, 6.07) is 19.6. The minimum atomic E-state index is -0.375. The molecular weight excluding hydrogens is 384 g/mol. The van der Waals surface area contributed by atoms with Crippen molar-refractivity contribution in [2.75, 3.05) is 18.5 Å². The topological polar surface area (TPSA) is 81.0 Å². The molecule has 1 heterocycles. The standard InChI is InChI=1S/C23H24N2O5/c1-2-28-22(26)14-15-25(17-19-11-8-16-29-19)23(27)24-20-12-6-7-13-21(20)30-18-9-4-3-5-10-18/h3-13,16H,2,14-15,17H2,1H3,(H,24,27). The van der Waals surface area contributed by atoms with Crippen molar-refractivity contribution in [3.63, 3.8) is 0 Å². The van der Waals surface area contributed by atoms with Gasteiger partial charge in [-0.2, -0.15) is 0 Å². The fourth-order valence-electron chi connectivity index (χ4n) is 2.77. The van der Waals surface area contributed by atoms with E-state index in [-0.39, 0.29) is 31.5 Å². The van der Waals surface area contributed by atoms with Crippen LogP contribution in [0.4, 0.5) is 10.5 Å². The Kier molecular flexibility index (Phi) is 7.49. The van der Waals surface area contributed by atoms with Crippen LogP contribution in [0, 0.1) is 0 Å². The summed E-state index contributed by atoms with van der Waals surface area (Å²) < 4.78 is 16.2.